The molecular formula is C13H19NOSi. The Labute approximate surface area is 99.0 Å². The molecule has 0 aromatic heterocycles. The zero-order chi connectivity index (χ0) is 12.0. The predicted octanol–water partition coefficient (Wildman–Crippen LogP) is 3.88. The van der Waals surface area contributed by atoms with Crippen LogP contribution in [0.4, 0.5) is 0 Å². The molecule has 0 fully saturated rings. The highest BCUT2D eigenvalue weighted by molar-refractivity contribution is 6.71. The number of aryl methyl sites for hydroxylation is 1. The number of rotatable bonds is 5. The van der Waals surface area contributed by atoms with Gasteiger partial charge in [-0.25, -0.2) is 0 Å². The summed E-state index contributed by atoms with van der Waals surface area (Å²) < 4.78 is 6.06. The second-order valence-electron chi connectivity index (χ2n) is 4.69. The Morgan fingerprint density at radius 1 is 1.38 bits per heavy atom. The third-order valence-corrected chi connectivity index (χ3v) is 4.80. The minimum absolute atomic E-state index is 0.633. The second-order valence-corrected chi connectivity index (χ2v) is 8.91. The molecule has 0 aliphatic rings. The average Bonchev–Trinajstić information content (AvgIpc) is 2.17. The van der Waals surface area contributed by atoms with E-state index >= 15 is 0 Å². The minimum atomic E-state index is -1.66. The Hall–Kier alpha value is -1.27. The van der Waals surface area contributed by atoms with Gasteiger partial charge in [-0.2, -0.15) is 5.26 Å². The van der Waals surface area contributed by atoms with Crippen molar-refractivity contribution in [3.05, 3.63) is 29.8 Å². The van der Waals surface area contributed by atoms with Crippen molar-refractivity contribution in [1.82, 2.24) is 0 Å². The molecule has 0 bridgehead atoms. The van der Waals surface area contributed by atoms with Crippen molar-refractivity contribution < 1.29 is 4.43 Å². The summed E-state index contributed by atoms with van der Waals surface area (Å²) in [5.41, 5.74) is 1.22. The molecule has 0 spiro atoms. The Morgan fingerprint density at radius 3 is 2.75 bits per heavy atom. The quantitative estimate of drug-likeness (QED) is 0.571. The molecule has 0 unspecified atom stereocenters. The molecule has 16 heavy (non-hydrogen) atoms. The fourth-order valence-corrected chi connectivity index (χ4v) is 3.54. The molecular weight excluding hydrogens is 214 g/mol. The maximum Gasteiger partial charge on any atom is 0.245 e. The lowest BCUT2D eigenvalue weighted by Gasteiger charge is -2.24. The van der Waals surface area contributed by atoms with E-state index in [9.17, 15) is 0 Å². The largest absolute Gasteiger partial charge is 0.544 e. The van der Waals surface area contributed by atoms with Gasteiger partial charge in [0, 0.05) is 6.42 Å². The van der Waals surface area contributed by atoms with Gasteiger partial charge in [0.1, 0.15) is 5.75 Å². The maximum atomic E-state index is 8.51. The molecule has 86 valence electrons. The average molecular weight is 233 g/mol. The second kappa shape index (κ2) is 5.71. The highest BCUT2D eigenvalue weighted by Gasteiger charge is 2.23. The zero-order valence-electron chi connectivity index (χ0n) is 10.3. The SMILES string of the molecule is Cc1cccc(O[Si](C)(C)CCCC#N)c1. The van der Waals surface area contributed by atoms with Crippen molar-refractivity contribution in [2.75, 3.05) is 0 Å². The number of benzene rings is 1. The number of unbranched alkanes of at least 4 members (excludes halogenated alkanes) is 1. The molecule has 0 atom stereocenters. The van der Waals surface area contributed by atoms with Crippen molar-refractivity contribution in [1.29, 1.82) is 5.26 Å². The van der Waals surface area contributed by atoms with Crippen molar-refractivity contribution in [3.8, 4) is 11.8 Å². The molecule has 2 nitrogen and oxygen atoms in total. The molecule has 1 rings (SSSR count). The van der Waals surface area contributed by atoms with Gasteiger partial charge in [0.15, 0.2) is 0 Å². The first kappa shape index (κ1) is 12.8. The van der Waals surface area contributed by atoms with E-state index in [-0.39, 0.29) is 0 Å². The molecule has 0 heterocycles. The van der Waals surface area contributed by atoms with Crippen molar-refractivity contribution >= 4 is 8.32 Å². The summed E-state index contributed by atoms with van der Waals surface area (Å²) in [7, 11) is -1.66. The Morgan fingerprint density at radius 2 is 2.12 bits per heavy atom. The van der Waals surface area contributed by atoms with Crippen molar-refractivity contribution in [2.45, 2.75) is 38.9 Å². The van der Waals surface area contributed by atoms with E-state index in [0.717, 1.165) is 18.2 Å². The molecule has 0 saturated heterocycles. The Balaban J connectivity index is 2.55. The van der Waals surface area contributed by atoms with Crippen LogP contribution >= 0.6 is 0 Å². The van der Waals surface area contributed by atoms with Gasteiger partial charge in [0.2, 0.25) is 8.32 Å². The summed E-state index contributed by atoms with van der Waals surface area (Å²) in [6, 6.07) is 11.4. The number of nitriles is 1. The van der Waals surface area contributed by atoms with Crippen LogP contribution in [0.1, 0.15) is 18.4 Å². The summed E-state index contributed by atoms with van der Waals surface area (Å²) in [6.45, 7) is 6.47. The van der Waals surface area contributed by atoms with Crippen LogP contribution in [0.25, 0.3) is 0 Å². The van der Waals surface area contributed by atoms with Gasteiger partial charge in [0.25, 0.3) is 0 Å². The molecule has 1 aromatic rings. The highest BCUT2D eigenvalue weighted by atomic mass is 28.4. The number of hydrogen-bond donors (Lipinski definition) is 0. The molecule has 3 heteroatoms. The van der Waals surface area contributed by atoms with Gasteiger partial charge in [0.05, 0.1) is 6.07 Å². The van der Waals surface area contributed by atoms with Crippen LogP contribution in [-0.2, 0) is 0 Å². The lowest BCUT2D eigenvalue weighted by Crippen LogP contribution is -2.33. The Bertz CT molecular complexity index is 382. The normalized spacial score (nSPS) is 10.9. The van der Waals surface area contributed by atoms with Gasteiger partial charge in [-0.05, 0) is 50.2 Å². The fourth-order valence-electron chi connectivity index (χ4n) is 1.64. The van der Waals surface area contributed by atoms with Crippen LogP contribution in [0.5, 0.6) is 5.75 Å². The van der Waals surface area contributed by atoms with Crippen molar-refractivity contribution in [2.24, 2.45) is 0 Å². The zero-order valence-corrected chi connectivity index (χ0v) is 11.3. The smallest absolute Gasteiger partial charge is 0.245 e. The van der Waals surface area contributed by atoms with Crippen LogP contribution in [0.2, 0.25) is 19.1 Å². The summed E-state index contributed by atoms with van der Waals surface area (Å²) in [5.74, 6) is 0.966. The van der Waals surface area contributed by atoms with E-state index in [4.69, 9.17) is 9.69 Å². The van der Waals surface area contributed by atoms with Gasteiger partial charge in [-0.3, -0.25) is 0 Å². The van der Waals surface area contributed by atoms with Crippen LogP contribution in [-0.4, -0.2) is 8.32 Å². The predicted molar refractivity (Wildman–Crippen MR) is 68.9 cm³/mol. The number of nitrogens with zero attached hydrogens (tertiary/aromatic N) is 1. The van der Waals surface area contributed by atoms with Crippen molar-refractivity contribution in [3.63, 3.8) is 0 Å². The maximum absolute atomic E-state index is 8.51. The summed E-state index contributed by atoms with van der Waals surface area (Å²) in [4.78, 5) is 0. The first-order chi connectivity index (χ1) is 7.53. The summed E-state index contributed by atoms with van der Waals surface area (Å²) in [5, 5.41) is 8.51. The van der Waals surface area contributed by atoms with Crippen LogP contribution < -0.4 is 4.43 Å². The van der Waals surface area contributed by atoms with Gasteiger partial charge < -0.3 is 4.43 Å². The topological polar surface area (TPSA) is 33.0 Å². The molecule has 0 aliphatic heterocycles. The molecule has 0 saturated carbocycles. The van der Waals surface area contributed by atoms with E-state index in [2.05, 4.69) is 38.2 Å². The van der Waals surface area contributed by atoms with Gasteiger partial charge in [-0.15, -0.1) is 0 Å². The van der Waals surface area contributed by atoms with Gasteiger partial charge in [-0.1, -0.05) is 12.1 Å². The summed E-state index contributed by atoms with van der Waals surface area (Å²) >= 11 is 0. The molecule has 0 radical (unpaired) electrons. The van der Waals surface area contributed by atoms with E-state index in [1.165, 1.54) is 5.56 Å². The Kier molecular flexibility index (Phi) is 4.57. The van der Waals surface area contributed by atoms with Crippen LogP contribution in [0.3, 0.4) is 0 Å². The van der Waals surface area contributed by atoms with Gasteiger partial charge >= 0.3 is 0 Å². The third kappa shape index (κ3) is 4.50. The number of hydrogen-bond acceptors (Lipinski definition) is 2. The highest BCUT2D eigenvalue weighted by Crippen LogP contribution is 2.21. The standard InChI is InChI=1S/C13H19NOSi/c1-12-7-6-8-13(11-12)15-16(2,3)10-5-4-9-14/h6-8,11H,4-5,10H2,1-3H3. The first-order valence-electron chi connectivity index (χ1n) is 5.66. The first-order valence-corrected chi connectivity index (χ1v) is 8.78. The van der Waals surface area contributed by atoms with Crippen LogP contribution in [0.15, 0.2) is 24.3 Å². The van der Waals surface area contributed by atoms with E-state index < -0.39 is 8.32 Å². The van der Waals surface area contributed by atoms with E-state index in [1.807, 2.05) is 12.1 Å². The molecule has 0 N–H and O–H groups in total. The third-order valence-electron chi connectivity index (χ3n) is 2.45. The minimum Gasteiger partial charge on any atom is -0.544 e. The summed E-state index contributed by atoms with van der Waals surface area (Å²) in [6.07, 6.45) is 1.58. The molecule has 0 amide bonds. The lowest BCUT2D eigenvalue weighted by molar-refractivity contribution is 0.543. The molecule has 0 aliphatic carbocycles. The van der Waals surface area contributed by atoms with Crippen LogP contribution in [0, 0.1) is 18.3 Å². The van der Waals surface area contributed by atoms with E-state index in [0.29, 0.717) is 6.42 Å². The van der Waals surface area contributed by atoms with E-state index in [1.54, 1.807) is 0 Å². The lowest BCUT2D eigenvalue weighted by atomic mass is 10.2. The fraction of sp³-hybridized carbons (Fsp3) is 0.462. The monoisotopic (exact) mass is 233 g/mol. The molecule has 1 aromatic carbocycles.